The van der Waals surface area contributed by atoms with E-state index in [2.05, 4.69) is 4.18 Å². The molecular formula is C8H4F3NOS. The third kappa shape index (κ3) is 3.68. The Balaban J connectivity index is 2.58. The molecule has 74 valence electrons. The number of hydrogen-bond donors (Lipinski definition) is 0. The van der Waals surface area contributed by atoms with Gasteiger partial charge in [-0.15, -0.1) is 13.2 Å². The molecule has 1 rings (SSSR count). The van der Waals surface area contributed by atoms with Crippen LogP contribution in [0.5, 0.6) is 0 Å². The van der Waals surface area contributed by atoms with Gasteiger partial charge in [0, 0.05) is 16.9 Å². The first-order valence-corrected chi connectivity index (χ1v) is 4.18. The lowest BCUT2D eigenvalue weighted by atomic mass is 10.2. The van der Waals surface area contributed by atoms with E-state index in [9.17, 15) is 13.2 Å². The zero-order valence-corrected chi connectivity index (χ0v) is 7.52. The Kier molecular flexibility index (Phi) is 3.38. The molecule has 0 fully saturated rings. The molecule has 14 heavy (non-hydrogen) atoms. The lowest BCUT2D eigenvalue weighted by Gasteiger charge is -2.04. The van der Waals surface area contributed by atoms with Crippen molar-refractivity contribution >= 4 is 12.0 Å². The molecule has 0 bridgehead atoms. The molecule has 0 N–H and O–H groups in total. The molecule has 1 aromatic rings. The summed E-state index contributed by atoms with van der Waals surface area (Å²) in [4.78, 5) is 0.293. The summed E-state index contributed by atoms with van der Waals surface area (Å²) >= 11 is 0.212. The fourth-order valence-electron chi connectivity index (χ4n) is 0.680. The van der Waals surface area contributed by atoms with Crippen LogP contribution < -0.4 is 0 Å². The van der Waals surface area contributed by atoms with Crippen molar-refractivity contribution in [1.82, 2.24) is 0 Å². The van der Waals surface area contributed by atoms with Crippen molar-refractivity contribution in [3.8, 4) is 6.07 Å². The molecule has 0 spiro atoms. The van der Waals surface area contributed by atoms with E-state index in [0.29, 0.717) is 10.5 Å². The molecule has 0 radical (unpaired) electrons. The Labute approximate surface area is 82.5 Å². The standard InChI is InChI=1S/C8H4F3NOS/c9-8(10,11)13-14-7-3-1-6(5-12)2-4-7/h1-4H. The van der Waals surface area contributed by atoms with E-state index in [-0.39, 0.29) is 12.0 Å². The van der Waals surface area contributed by atoms with Crippen molar-refractivity contribution < 1.29 is 17.4 Å². The van der Waals surface area contributed by atoms with Gasteiger partial charge in [0.05, 0.1) is 11.6 Å². The number of alkyl halides is 3. The van der Waals surface area contributed by atoms with Gasteiger partial charge >= 0.3 is 6.36 Å². The molecule has 0 aliphatic carbocycles. The molecule has 0 saturated carbocycles. The molecule has 0 aromatic heterocycles. The van der Waals surface area contributed by atoms with Crippen LogP contribution >= 0.6 is 12.0 Å². The highest BCUT2D eigenvalue weighted by atomic mass is 32.2. The van der Waals surface area contributed by atoms with Crippen LogP contribution in [0.2, 0.25) is 0 Å². The highest BCUT2D eigenvalue weighted by molar-refractivity contribution is 7.94. The molecule has 0 aliphatic heterocycles. The van der Waals surface area contributed by atoms with Crippen molar-refractivity contribution in [3.63, 3.8) is 0 Å². The van der Waals surface area contributed by atoms with Crippen LogP contribution in [0.1, 0.15) is 5.56 Å². The van der Waals surface area contributed by atoms with Crippen LogP contribution in [0.25, 0.3) is 0 Å². The minimum Gasteiger partial charge on any atom is -0.215 e. The van der Waals surface area contributed by atoms with Gasteiger partial charge in [-0.1, -0.05) is 0 Å². The number of hydrogen-bond acceptors (Lipinski definition) is 3. The SMILES string of the molecule is N#Cc1ccc(SOC(F)(F)F)cc1. The van der Waals surface area contributed by atoms with E-state index < -0.39 is 6.36 Å². The zero-order valence-electron chi connectivity index (χ0n) is 6.71. The summed E-state index contributed by atoms with van der Waals surface area (Å²) < 4.78 is 38.3. The summed E-state index contributed by atoms with van der Waals surface area (Å²) in [6.45, 7) is 0. The largest absolute Gasteiger partial charge is 0.533 e. The van der Waals surface area contributed by atoms with Gasteiger partial charge in [0.25, 0.3) is 0 Å². The Morgan fingerprint density at radius 3 is 2.21 bits per heavy atom. The molecule has 0 heterocycles. The molecule has 0 saturated heterocycles. The van der Waals surface area contributed by atoms with Crippen molar-refractivity contribution in [2.75, 3.05) is 0 Å². The maximum absolute atomic E-state index is 11.6. The highest BCUT2D eigenvalue weighted by Crippen LogP contribution is 2.28. The Hall–Kier alpha value is -1.19. The lowest BCUT2D eigenvalue weighted by molar-refractivity contribution is -0.266. The first kappa shape index (κ1) is 10.9. The maximum Gasteiger partial charge on any atom is 0.533 e. The normalized spacial score (nSPS) is 11.0. The first-order valence-electron chi connectivity index (χ1n) is 3.44. The third-order valence-electron chi connectivity index (χ3n) is 1.22. The quantitative estimate of drug-likeness (QED) is 0.716. The number of benzene rings is 1. The average Bonchev–Trinajstić information content (AvgIpc) is 2.14. The Morgan fingerprint density at radius 2 is 1.79 bits per heavy atom. The fraction of sp³-hybridized carbons (Fsp3) is 0.125. The fourth-order valence-corrected chi connectivity index (χ4v) is 1.12. The van der Waals surface area contributed by atoms with Gasteiger partial charge < -0.3 is 0 Å². The van der Waals surface area contributed by atoms with E-state index in [1.165, 1.54) is 24.3 Å². The number of nitriles is 1. The smallest absolute Gasteiger partial charge is 0.215 e. The van der Waals surface area contributed by atoms with Gasteiger partial charge in [0.15, 0.2) is 0 Å². The van der Waals surface area contributed by atoms with Gasteiger partial charge in [0.2, 0.25) is 0 Å². The summed E-state index contributed by atoms with van der Waals surface area (Å²) in [6.07, 6.45) is -4.65. The Bertz CT molecular complexity index is 341. The predicted molar refractivity (Wildman–Crippen MR) is 44.2 cm³/mol. The molecule has 1 aromatic carbocycles. The van der Waals surface area contributed by atoms with Gasteiger partial charge in [0.1, 0.15) is 0 Å². The lowest BCUT2D eigenvalue weighted by Crippen LogP contribution is -2.07. The second kappa shape index (κ2) is 4.35. The summed E-state index contributed by atoms with van der Waals surface area (Å²) in [5.74, 6) is 0. The molecule has 6 heteroatoms. The van der Waals surface area contributed by atoms with Gasteiger partial charge in [-0.05, 0) is 24.3 Å². The average molecular weight is 219 g/mol. The summed E-state index contributed by atoms with van der Waals surface area (Å²) in [6, 6.07) is 7.46. The third-order valence-corrected chi connectivity index (χ3v) is 1.95. The van der Waals surface area contributed by atoms with Crippen molar-refractivity contribution in [2.24, 2.45) is 0 Å². The molecule has 0 atom stereocenters. The van der Waals surface area contributed by atoms with Gasteiger partial charge in [-0.25, -0.2) is 4.18 Å². The monoisotopic (exact) mass is 219 g/mol. The minimum atomic E-state index is -4.65. The molecule has 0 amide bonds. The molecule has 0 unspecified atom stereocenters. The van der Waals surface area contributed by atoms with Crippen LogP contribution in [0.15, 0.2) is 29.2 Å². The second-order valence-corrected chi connectivity index (χ2v) is 3.05. The summed E-state index contributed by atoms with van der Waals surface area (Å²) in [5, 5.41) is 8.42. The van der Waals surface area contributed by atoms with E-state index in [0.717, 1.165) is 0 Å². The Morgan fingerprint density at radius 1 is 1.21 bits per heavy atom. The predicted octanol–water partition coefficient (Wildman–Crippen LogP) is 3.10. The number of nitrogens with zero attached hydrogens (tertiary/aromatic N) is 1. The van der Waals surface area contributed by atoms with Crippen molar-refractivity contribution in [3.05, 3.63) is 29.8 Å². The van der Waals surface area contributed by atoms with Crippen LogP contribution in [0.4, 0.5) is 13.2 Å². The summed E-state index contributed by atoms with van der Waals surface area (Å²) in [5.41, 5.74) is 0.390. The first-order chi connectivity index (χ1) is 6.51. The number of rotatable bonds is 2. The molecule has 0 aliphatic rings. The van der Waals surface area contributed by atoms with E-state index >= 15 is 0 Å². The van der Waals surface area contributed by atoms with Crippen molar-refractivity contribution in [1.29, 1.82) is 5.26 Å². The topological polar surface area (TPSA) is 33.0 Å². The van der Waals surface area contributed by atoms with Crippen LogP contribution in [0.3, 0.4) is 0 Å². The van der Waals surface area contributed by atoms with Gasteiger partial charge in [-0.3, -0.25) is 0 Å². The molecule has 2 nitrogen and oxygen atoms in total. The number of halogens is 3. The molecular weight excluding hydrogens is 215 g/mol. The second-order valence-electron chi connectivity index (χ2n) is 2.25. The van der Waals surface area contributed by atoms with Crippen LogP contribution in [0, 0.1) is 11.3 Å². The highest BCUT2D eigenvalue weighted by Gasteiger charge is 2.30. The van der Waals surface area contributed by atoms with Gasteiger partial charge in [-0.2, -0.15) is 5.26 Å². The summed E-state index contributed by atoms with van der Waals surface area (Å²) in [7, 11) is 0. The van der Waals surface area contributed by atoms with E-state index in [4.69, 9.17) is 5.26 Å². The van der Waals surface area contributed by atoms with Crippen LogP contribution in [-0.4, -0.2) is 6.36 Å². The van der Waals surface area contributed by atoms with Crippen molar-refractivity contribution in [2.45, 2.75) is 11.3 Å². The zero-order chi connectivity index (χ0) is 10.6. The van der Waals surface area contributed by atoms with E-state index in [1.54, 1.807) is 0 Å². The minimum absolute atomic E-state index is 0.212. The maximum atomic E-state index is 11.6. The van der Waals surface area contributed by atoms with Crippen LogP contribution in [-0.2, 0) is 4.18 Å². The van der Waals surface area contributed by atoms with E-state index in [1.807, 2.05) is 6.07 Å².